The van der Waals surface area contributed by atoms with Gasteiger partial charge in [0.25, 0.3) is 0 Å². The first-order valence-electron chi connectivity index (χ1n) is 8.91. The first kappa shape index (κ1) is 21.4. The molecule has 26 heavy (non-hydrogen) atoms. The highest BCUT2D eigenvalue weighted by atomic mass is 127. The molecular weight excluding hydrogens is 461 g/mol. The van der Waals surface area contributed by atoms with Crippen LogP contribution in [0.15, 0.2) is 24.3 Å². The zero-order valence-electron chi connectivity index (χ0n) is 15.9. The van der Waals surface area contributed by atoms with E-state index in [0.29, 0.717) is 17.0 Å². The number of amides is 2. The number of nitrogens with zero attached hydrogens (tertiary/aromatic N) is 3. The molecule has 0 aliphatic carbocycles. The largest absolute Gasteiger partial charge is 0.339 e. The van der Waals surface area contributed by atoms with Crippen LogP contribution in [0.2, 0.25) is 0 Å². The van der Waals surface area contributed by atoms with Crippen molar-refractivity contribution >= 4 is 50.7 Å². The van der Waals surface area contributed by atoms with Gasteiger partial charge in [-0.15, -0.1) is 11.3 Å². The van der Waals surface area contributed by atoms with Crippen molar-refractivity contribution in [3.8, 4) is 0 Å². The number of carbonyl (C=O) groups is 2. The van der Waals surface area contributed by atoms with E-state index in [2.05, 4.69) is 35.6 Å². The minimum Gasteiger partial charge on any atom is -0.339 e. The second-order valence-corrected chi connectivity index (χ2v) is 9.92. The SMILES string of the molecule is CC(I)c1ccc(N(C)C(=O)C2CCN(C(=O)/C=C/CN(C)C)CC2)s1. The molecule has 1 aromatic rings. The molecule has 0 aromatic carbocycles. The van der Waals surface area contributed by atoms with Crippen molar-refractivity contribution in [2.75, 3.05) is 45.7 Å². The van der Waals surface area contributed by atoms with E-state index in [1.165, 1.54) is 4.88 Å². The van der Waals surface area contributed by atoms with Crippen molar-refractivity contribution in [3.05, 3.63) is 29.2 Å². The Hall–Kier alpha value is -0.930. The fourth-order valence-electron chi connectivity index (χ4n) is 2.94. The van der Waals surface area contributed by atoms with Crippen LogP contribution in [0.4, 0.5) is 5.00 Å². The predicted molar refractivity (Wildman–Crippen MR) is 117 cm³/mol. The molecule has 1 saturated heterocycles. The van der Waals surface area contributed by atoms with Crippen LogP contribution < -0.4 is 4.90 Å². The van der Waals surface area contributed by atoms with Gasteiger partial charge in [0.15, 0.2) is 0 Å². The van der Waals surface area contributed by atoms with E-state index >= 15 is 0 Å². The van der Waals surface area contributed by atoms with Crippen LogP contribution in [0.5, 0.6) is 0 Å². The fourth-order valence-corrected chi connectivity index (χ4v) is 4.43. The summed E-state index contributed by atoms with van der Waals surface area (Å²) in [5.41, 5.74) is 0. The maximum atomic E-state index is 12.8. The van der Waals surface area contributed by atoms with Crippen LogP contribution in [0.25, 0.3) is 0 Å². The van der Waals surface area contributed by atoms with Gasteiger partial charge in [0.2, 0.25) is 11.8 Å². The van der Waals surface area contributed by atoms with Gasteiger partial charge in [0.05, 0.1) is 5.00 Å². The summed E-state index contributed by atoms with van der Waals surface area (Å²) >= 11 is 4.07. The maximum Gasteiger partial charge on any atom is 0.246 e. The van der Waals surface area contributed by atoms with E-state index < -0.39 is 0 Å². The molecule has 0 radical (unpaired) electrons. The Bertz CT molecular complexity index is 649. The molecule has 0 bridgehead atoms. The first-order chi connectivity index (χ1) is 12.3. The first-order valence-corrected chi connectivity index (χ1v) is 11.0. The van der Waals surface area contributed by atoms with E-state index in [9.17, 15) is 9.59 Å². The van der Waals surface area contributed by atoms with Gasteiger partial charge in [-0.25, -0.2) is 0 Å². The lowest BCUT2D eigenvalue weighted by Gasteiger charge is -2.32. The smallest absolute Gasteiger partial charge is 0.246 e. The standard InChI is InChI=1S/C19H28IN3O2S/c1-14(20)16-7-8-18(26-16)22(4)19(25)15-9-12-23(13-10-15)17(24)6-5-11-21(2)3/h5-8,14-15H,9-13H2,1-4H3/b6-5+. The summed E-state index contributed by atoms with van der Waals surface area (Å²) in [7, 11) is 5.80. The molecule has 2 amide bonds. The normalized spacial score (nSPS) is 17.1. The number of hydrogen-bond donors (Lipinski definition) is 0. The van der Waals surface area contributed by atoms with Crippen LogP contribution >= 0.6 is 33.9 Å². The van der Waals surface area contributed by atoms with Crippen LogP contribution in [-0.2, 0) is 9.59 Å². The number of rotatable bonds is 6. The highest BCUT2D eigenvalue weighted by Crippen LogP contribution is 2.34. The average molecular weight is 489 g/mol. The Labute approximate surface area is 174 Å². The lowest BCUT2D eigenvalue weighted by atomic mass is 9.95. The summed E-state index contributed by atoms with van der Waals surface area (Å²) in [4.78, 5) is 31.9. The van der Waals surface area contributed by atoms with Crippen molar-refractivity contribution < 1.29 is 9.59 Å². The number of thiophene rings is 1. The van der Waals surface area contributed by atoms with Crippen molar-refractivity contribution in [3.63, 3.8) is 0 Å². The fraction of sp³-hybridized carbons (Fsp3) is 0.579. The maximum absolute atomic E-state index is 12.8. The molecule has 1 fully saturated rings. The third-order valence-electron chi connectivity index (χ3n) is 4.55. The molecule has 1 aliphatic rings. The Morgan fingerprint density at radius 2 is 1.96 bits per heavy atom. The summed E-state index contributed by atoms with van der Waals surface area (Å²) in [5.74, 6) is 0.206. The number of anilines is 1. The summed E-state index contributed by atoms with van der Waals surface area (Å²) < 4.78 is 0.449. The predicted octanol–water partition coefficient (Wildman–Crippen LogP) is 3.56. The van der Waals surface area contributed by atoms with E-state index in [0.717, 1.165) is 24.4 Å². The average Bonchev–Trinajstić information content (AvgIpc) is 3.10. The molecule has 2 heterocycles. The van der Waals surface area contributed by atoms with Crippen molar-refractivity contribution in [1.82, 2.24) is 9.80 Å². The van der Waals surface area contributed by atoms with E-state index in [-0.39, 0.29) is 17.7 Å². The van der Waals surface area contributed by atoms with Crippen molar-refractivity contribution in [2.45, 2.75) is 23.7 Å². The molecule has 0 saturated carbocycles. The van der Waals surface area contributed by atoms with Gasteiger partial charge < -0.3 is 14.7 Å². The Kier molecular flexibility index (Phi) is 8.09. The second-order valence-electron chi connectivity index (χ2n) is 6.95. The molecule has 2 rings (SSSR count). The molecular formula is C19H28IN3O2S. The summed E-state index contributed by atoms with van der Waals surface area (Å²) in [6.07, 6.45) is 5.00. The Balaban J connectivity index is 1.87. The number of likely N-dealkylation sites (tertiary alicyclic amines) is 1. The second kappa shape index (κ2) is 9.85. The van der Waals surface area contributed by atoms with Crippen molar-refractivity contribution in [2.24, 2.45) is 5.92 Å². The number of carbonyl (C=O) groups excluding carboxylic acids is 2. The van der Waals surface area contributed by atoms with Gasteiger partial charge in [0.1, 0.15) is 0 Å². The van der Waals surface area contributed by atoms with Gasteiger partial charge in [0, 0.05) is 47.5 Å². The van der Waals surface area contributed by atoms with Crippen LogP contribution in [-0.4, -0.2) is 62.4 Å². The molecule has 1 aliphatic heterocycles. The minimum absolute atomic E-state index is 0.00243. The summed E-state index contributed by atoms with van der Waals surface area (Å²) in [6.45, 7) is 4.20. The third-order valence-corrected chi connectivity index (χ3v) is 6.99. The molecule has 1 atom stereocenters. The van der Waals surface area contributed by atoms with Crippen LogP contribution in [0.3, 0.4) is 0 Å². The minimum atomic E-state index is -0.00243. The number of likely N-dealkylation sites (N-methyl/N-ethyl adjacent to an activating group) is 1. The zero-order valence-corrected chi connectivity index (χ0v) is 18.9. The highest BCUT2D eigenvalue weighted by molar-refractivity contribution is 14.1. The Morgan fingerprint density at radius 1 is 1.31 bits per heavy atom. The number of halogens is 1. The highest BCUT2D eigenvalue weighted by Gasteiger charge is 2.29. The molecule has 1 aromatic heterocycles. The van der Waals surface area contributed by atoms with E-state index in [1.807, 2.05) is 43.1 Å². The van der Waals surface area contributed by atoms with Gasteiger partial charge in [-0.1, -0.05) is 28.7 Å². The summed E-state index contributed by atoms with van der Waals surface area (Å²) in [6, 6.07) is 4.13. The zero-order chi connectivity index (χ0) is 19.3. The topological polar surface area (TPSA) is 43.9 Å². The third kappa shape index (κ3) is 5.79. The molecule has 1 unspecified atom stereocenters. The van der Waals surface area contributed by atoms with Gasteiger partial charge >= 0.3 is 0 Å². The molecule has 144 valence electrons. The molecule has 5 nitrogen and oxygen atoms in total. The quantitative estimate of drug-likeness (QED) is 0.349. The molecule has 0 N–H and O–H groups in total. The van der Waals surface area contributed by atoms with Crippen LogP contribution in [0.1, 0.15) is 28.6 Å². The van der Waals surface area contributed by atoms with Gasteiger partial charge in [-0.2, -0.15) is 0 Å². The number of piperidine rings is 1. The van der Waals surface area contributed by atoms with Crippen LogP contribution in [0, 0.1) is 5.92 Å². The number of alkyl halides is 1. The van der Waals surface area contributed by atoms with Gasteiger partial charge in [-0.3, -0.25) is 9.59 Å². The Morgan fingerprint density at radius 3 is 2.50 bits per heavy atom. The molecule has 7 heteroatoms. The van der Waals surface area contributed by atoms with Crippen molar-refractivity contribution in [1.29, 1.82) is 0 Å². The van der Waals surface area contributed by atoms with E-state index in [1.54, 1.807) is 22.3 Å². The summed E-state index contributed by atoms with van der Waals surface area (Å²) in [5, 5.41) is 0.999. The monoisotopic (exact) mass is 489 g/mol. The lowest BCUT2D eigenvalue weighted by Crippen LogP contribution is -2.43. The lowest BCUT2D eigenvalue weighted by molar-refractivity contribution is -0.130. The van der Waals surface area contributed by atoms with Gasteiger partial charge in [-0.05, 0) is 46.0 Å². The number of hydrogen-bond acceptors (Lipinski definition) is 4. The molecule has 0 spiro atoms. The van der Waals surface area contributed by atoms with E-state index in [4.69, 9.17) is 0 Å².